The summed E-state index contributed by atoms with van der Waals surface area (Å²) < 4.78 is 28.7. The zero-order valence-corrected chi connectivity index (χ0v) is 16.5. The van der Waals surface area contributed by atoms with E-state index in [9.17, 15) is 13.2 Å². The van der Waals surface area contributed by atoms with Crippen molar-refractivity contribution >= 4 is 39.7 Å². The van der Waals surface area contributed by atoms with Crippen LogP contribution in [0, 0.1) is 4.77 Å². The molecule has 26 heavy (non-hydrogen) atoms. The maximum Gasteiger partial charge on any atom is 0.240 e. The Morgan fingerprint density at radius 3 is 2.85 bits per heavy atom. The predicted molar refractivity (Wildman–Crippen MR) is 101 cm³/mol. The molecule has 3 N–H and O–H groups in total. The highest BCUT2D eigenvalue weighted by molar-refractivity contribution is 7.89. The van der Waals surface area contributed by atoms with Gasteiger partial charge in [-0.25, -0.2) is 13.1 Å². The molecule has 0 atom stereocenters. The number of hydrogen-bond acceptors (Lipinski definition) is 5. The molecule has 0 fully saturated rings. The first-order valence-electron chi connectivity index (χ1n) is 7.99. The molecule has 1 amide bonds. The van der Waals surface area contributed by atoms with E-state index in [1.165, 1.54) is 12.1 Å². The average Bonchev–Trinajstić information content (AvgIpc) is 2.92. The molecule has 0 unspecified atom stereocenters. The summed E-state index contributed by atoms with van der Waals surface area (Å²) in [7, 11) is -3.67. The molecule has 11 heteroatoms. The van der Waals surface area contributed by atoms with E-state index in [0.717, 1.165) is 6.42 Å². The van der Waals surface area contributed by atoms with Crippen LogP contribution in [0.5, 0.6) is 0 Å². The van der Waals surface area contributed by atoms with Gasteiger partial charge in [0.2, 0.25) is 15.9 Å². The largest absolute Gasteiger partial charge is 0.353 e. The third kappa shape index (κ3) is 5.63. The van der Waals surface area contributed by atoms with Crippen molar-refractivity contribution in [2.75, 3.05) is 13.1 Å². The molecular weight excluding hydrogens is 398 g/mol. The predicted octanol–water partition coefficient (Wildman–Crippen LogP) is 1.64. The molecule has 0 aliphatic carbocycles. The summed E-state index contributed by atoms with van der Waals surface area (Å²) in [4.78, 5) is 12.1. The number of carbonyl (C=O) groups excluding carboxylic acids is 1. The van der Waals surface area contributed by atoms with Gasteiger partial charge in [0.25, 0.3) is 0 Å². The van der Waals surface area contributed by atoms with Crippen molar-refractivity contribution in [2.24, 2.45) is 0 Å². The van der Waals surface area contributed by atoms with Crippen LogP contribution >= 0.6 is 23.8 Å². The van der Waals surface area contributed by atoms with Crippen LogP contribution < -0.4 is 10.0 Å². The van der Waals surface area contributed by atoms with Gasteiger partial charge in [-0.2, -0.15) is 5.10 Å². The molecule has 2 rings (SSSR count). The summed E-state index contributed by atoms with van der Waals surface area (Å²) in [6, 6.07) is 5.96. The molecule has 0 bridgehead atoms. The fraction of sp³-hybridized carbons (Fsp3) is 0.400. The number of aromatic amines is 1. The quantitative estimate of drug-likeness (QED) is 0.424. The number of sulfonamides is 1. The van der Waals surface area contributed by atoms with Crippen molar-refractivity contribution in [3.63, 3.8) is 0 Å². The van der Waals surface area contributed by atoms with Gasteiger partial charge in [-0.05, 0) is 36.8 Å². The van der Waals surface area contributed by atoms with Crippen LogP contribution in [0.4, 0.5) is 0 Å². The summed E-state index contributed by atoms with van der Waals surface area (Å²) >= 11 is 10.9. The number of carbonyl (C=O) groups is 1. The van der Waals surface area contributed by atoms with Crippen LogP contribution in [0.1, 0.15) is 19.2 Å². The molecular formula is C15H20ClN5O3S2. The number of nitrogens with one attached hydrogen (secondary N) is 3. The van der Waals surface area contributed by atoms with Crippen molar-refractivity contribution < 1.29 is 13.2 Å². The number of hydrogen-bond donors (Lipinski definition) is 3. The summed E-state index contributed by atoms with van der Waals surface area (Å²) in [5.74, 6) is 0.441. The molecule has 0 radical (unpaired) electrons. The second-order valence-corrected chi connectivity index (χ2v) is 8.08. The third-order valence-corrected chi connectivity index (χ3v) is 5.46. The van der Waals surface area contributed by atoms with Gasteiger partial charge in [-0.3, -0.25) is 14.5 Å². The molecule has 1 aromatic heterocycles. The average molecular weight is 418 g/mol. The summed E-state index contributed by atoms with van der Waals surface area (Å²) in [5.41, 5.74) is 0. The van der Waals surface area contributed by atoms with Crippen LogP contribution in [0.15, 0.2) is 29.2 Å². The molecule has 0 spiro atoms. The SMILES string of the molecule is CCCc1n[nH]c(=S)n1CC(=O)NCCNS(=O)(=O)c1cccc(Cl)c1. The standard InChI is InChI=1S/C15H20ClN5O3S2/c1-2-4-13-19-20-15(25)21(13)10-14(22)17-7-8-18-26(23,24)12-6-3-5-11(16)9-12/h3,5-6,9,18H,2,4,7-8,10H2,1H3,(H,17,22)(H,20,25). The Labute approximate surface area is 162 Å². The number of H-pyrrole nitrogens is 1. The van der Waals surface area contributed by atoms with E-state index in [-0.39, 0.29) is 30.4 Å². The van der Waals surface area contributed by atoms with Gasteiger partial charge >= 0.3 is 0 Å². The number of benzene rings is 1. The second-order valence-electron chi connectivity index (χ2n) is 5.49. The van der Waals surface area contributed by atoms with E-state index in [4.69, 9.17) is 23.8 Å². The van der Waals surface area contributed by atoms with E-state index in [1.807, 2.05) is 6.92 Å². The molecule has 142 valence electrons. The molecule has 2 aromatic rings. The lowest BCUT2D eigenvalue weighted by molar-refractivity contribution is -0.121. The Morgan fingerprint density at radius 2 is 2.15 bits per heavy atom. The van der Waals surface area contributed by atoms with E-state index < -0.39 is 10.0 Å². The molecule has 1 aromatic carbocycles. The lowest BCUT2D eigenvalue weighted by atomic mass is 10.3. The third-order valence-electron chi connectivity index (χ3n) is 3.46. The van der Waals surface area contributed by atoms with Gasteiger partial charge in [0.15, 0.2) is 4.77 Å². The maximum atomic E-state index is 12.1. The van der Waals surface area contributed by atoms with Crippen molar-refractivity contribution in [3.8, 4) is 0 Å². The molecule has 1 heterocycles. The van der Waals surface area contributed by atoms with Gasteiger partial charge in [-0.15, -0.1) is 0 Å². The molecule has 0 saturated heterocycles. The van der Waals surface area contributed by atoms with Crippen LogP contribution in [-0.2, 0) is 27.8 Å². The molecule has 8 nitrogen and oxygen atoms in total. The number of amides is 1. The Morgan fingerprint density at radius 1 is 1.38 bits per heavy atom. The van der Waals surface area contributed by atoms with E-state index >= 15 is 0 Å². The van der Waals surface area contributed by atoms with Gasteiger partial charge < -0.3 is 5.32 Å². The van der Waals surface area contributed by atoms with Crippen molar-refractivity contribution in [3.05, 3.63) is 39.9 Å². The van der Waals surface area contributed by atoms with Gasteiger partial charge in [0.1, 0.15) is 12.4 Å². The molecule has 0 aliphatic heterocycles. The lowest BCUT2D eigenvalue weighted by Gasteiger charge is -2.09. The highest BCUT2D eigenvalue weighted by Gasteiger charge is 2.14. The van der Waals surface area contributed by atoms with Crippen molar-refractivity contribution in [1.29, 1.82) is 0 Å². The Bertz CT molecular complexity index is 923. The van der Waals surface area contributed by atoms with E-state index in [0.29, 0.717) is 22.0 Å². The molecule has 0 aliphatic rings. The minimum Gasteiger partial charge on any atom is -0.353 e. The van der Waals surface area contributed by atoms with Gasteiger partial charge in [0, 0.05) is 24.5 Å². The summed E-state index contributed by atoms with van der Waals surface area (Å²) in [6.07, 6.45) is 1.59. The molecule has 0 saturated carbocycles. The number of nitrogens with zero attached hydrogens (tertiary/aromatic N) is 2. The van der Waals surface area contributed by atoms with Crippen LogP contribution in [0.3, 0.4) is 0 Å². The van der Waals surface area contributed by atoms with Crippen LogP contribution in [0.2, 0.25) is 5.02 Å². The lowest BCUT2D eigenvalue weighted by Crippen LogP contribution is -2.36. The summed E-state index contributed by atoms with van der Waals surface area (Å²) in [5, 5.41) is 9.75. The first kappa shape index (κ1) is 20.6. The van der Waals surface area contributed by atoms with E-state index in [1.54, 1.807) is 16.7 Å². The number of aromatic nitrogens is 3. The Hall–Kier alpha value is -1.75. The monoisotopic (exact) mass is 417 g/mol. The minimum absolute atomic E-state index is 0.0334. The Balaban J connectivity index is 1.84. The Kier molecular flexibility index (Phi) is 7.33. The van der Waals surface area contributed by atoms with E-state index in [2.05, 4.69) is 20.2 Å². The first-order chi connectivity index (χ1) is 12.3. The number of rotatable bonds is 9. The fourth-order valence-electron chi connectivity index (χ4n) is 2.23. The number of halogens is 1. The first-order valence-corrected chi connectivity index (χ1v) is 10.3. The van der Waals surface area contributed by atoms with Gasteiger partial charge in [-0.1, -0.05) is 24.6 Å². The highest BCUT2D eigenvalue weighted by Crippen LogP contribution is 2.14. The van der Waals surface area contributed by atoms with Crippen LogP contribution in [0.25, 0.3) is 0 Å². The van der Waals surface area contributed by atoms with Crippen LogP contribution in [-0.4, -0.2) is 42.2 Å². The zero-order chi connectivity index (χ0) is 19.2. The van der Waals surface area contributed by atoms with Crippen molar-refractivity contribution in [1.82, 2.24) is 24.8 Å². The fourth-order valence-corrected chi connectivity index (χ4v) is 3.78. The highest BCUT2D eigenvalue weighted by atomic mass is 35.5. The van der Waals surface area contributed by atoms with Gasteiger partial charge in [0.05, 0.1) is 4.90 Å². The van der Waals surface area contributed by atoms with Crippen molar-refractivity contribution in [2.45, 2.75) is 31.2 Å². The second kappa shape index (κ2) is 9.26. The smallest absolute Gasteiger partial charge is 0.240 e. The number of aryl methyl sites for hydroxylation is 1. The maximum absolute atomic E-state index is 12.1. The topological polar surface area (TPSA) is 109 Å². The zero-order valence-electron chi connectivity index (χ0n) is 14.2. The minimum atomic E-state index is -3.67. The normalized spacial score (nSPS) is 11.5. The summed E-state index contributed by atoms with van der Waals surface area (Å²) in [6.45, 7) is 2.24.